The highest BCUT2D eigenvalue weighted by Gasteiger charge is 2.27. The Bertz CT molecular complexity index is 1030. The second-order valence-corrected chi connectivity index (χ2v) is 10.0. The highest BCUT2D eigenvalue weighted by molar-refractivity contribution is 7.99. The van der Waals surface area contributed by atoms with Crippen molar-refractivity contribution in [3.63, 3.8) is 0 Å². The molecule has 0 saturated carbocycles. The van der Waals surface area contributed by atoms with E-state index in [4.69, 9.17) is 4.84 Å². The van der Waals surface area contributed by atoms with E-state index in [1.807, 2.05) is 56.0 Å². The molecule has 8 nitrogen and oxygen atoms in total. The first-order valence-corrected chi connectivity index (χ1v) is 12.8. The Morgan fingerprint density at radius 3 is 2.71 bits per heavy atom. The summed E-state index contributed by atoms with van der Waals surface area (Å²) in [7, 11) is 0. The summed E-state index contributed by atoms with van der Waals surface area (Å²) in [6, 6.07) is 9.83. The molecule has 3 heterocycles. The summed E-state index contributed by atoms with van der Waals surface area (Å²) in [4.78, 5) is 39.6. The lowest BCUT2D eigenvalue weighted by Gasteiger charge is -2.34. The smallest absolute Gasteiger partial charge is 0.256 e. The van der Waals surface area contributed by atoms with Crippen molar-refractivity contribution >= 4 is 29.3 Å². The van der Waals surface area contributed by atoms with E-state index in [1.165, 1.54) is 0 Å². The number of carbonyl (C=O) groups is 2. The van der Waals surface area contributed by atoms with E-state index in [-0.39, 0.29) is 24.0 Å². The molecule has 182 valence electrons. The first-order valence-electron chi connectivity index (χ1n) is 11.8. The number of nitrogens with zero attached hydrogens (tertiary/aromatic N) is 3. The van der Waals surface area contributed by atoms with Crippen LogP contribution in [0.1, 0.15) is 34.8 Å². The Hall–Kier alpha value is -2.46. The number of thioether (sulfide) groups is 1. The van der Waals surface area contributed by atoms with Gasteiger partial charge < -0.3 is 10.2 Å². The number of anilines is 1. The van der Waals surface area contributed by atoms with E-state index in [0.717, 1.165) is 34.0 Å². The van der Waals surface area contributed by atoms with Crippen LogP contribution >= 0.6 is 11.8 Å². The molecule has 2 fully saturated rings. The van der Waals surface area contributed by atoms with Crippen molar-refractivity contribution in [1.82, 2.24) is 20.3 Å². The van der Waals surface area contributed by atoms with Crippen LogP contribution in [0.3, 0.4) is 0 Å². The SMILES string of the molecule is Cc1cccc(NC(=O)CN2CCN(C(=O)c3cccnc3SCC3CC(C)ON3)CC2)c1C. The lowest BCUT2D eigenvalue weighted by Crippen LogP contribution is -2.50. The first kappa shape index (κ1) is 24.7. The van der Waals surface area contributed by atoms with Gasteiger partial charge in [-0.25, -0.2) is 4.98 Å². The van der Waals surface area contributed by atoms with E-state index in [0.29, 0.717) is 38.3 Å². The molecule has 2 aliphatic heterocycles. The second kappa shape index (κ2) is 11.3. The zero-order chi connectivity index (χ0) is 24.1. The van der Waals surface area contributed by atoms with Crippen LogP contribution in [0.2, 0.25) is 0 Å². The summed E-state index contributed by atoms with van der Waals surface area (Å²) in [6.45, 7) is 8.91. The molecule has 2 atom stereocenters. The average Bonchev–Trinajstić information content (AvgIpc) is 3.26. The van der Waals surface area contributed by atoms with Gasteiger partial charge in [-0.3, -0.25) is 19.3 Å². The van der Waals surface area contributed by atoms with Gasteiger partial charge in [-0.15, -0.1) is 11.8 Å². The van der Waals surface area contributed by atoms with Crippen molar-refractivity contribution in [2.75, 3.05) is 43.8 Å². The molecule has 2 aliphatic rings. The molecular weight excluding hydrogens is 450 g/mol. The molecule has 0 aliphatic carbocycles. The number of benzene rings is 1. The van der Waals surface area contributed by atoms with Crippen molar-refractivity contribution in [2.45, 2.75) is 44.4 Å². The Balaban J connectivity index is 1.28. The molecule has 4 rings (SSSR count). The zero-order valence-electron chi connectivity index (χ0n) is 20.0. The Morgan fingerprint density at radius 2 is 1.97 bits per heavy atom. The van der Waals surface area contributed by atoms with Crippen molar-refractivity contribution < 1.29 is 14.4 Å². The third-order valence-electron chi connectivity index (χ3n) is 6.38. The van der Waals surface area contributed by atoms with E-state index in [1.54, 1.807) is 18.0 Å². The summed E-state index contributed by atoms with van der Waals surface area (Å²) in [5, 5.41) is 3.77. The molecule has 34 heavy (non-hydrogen) atoms. The van der Waals surface area contributed by atoms with E-state index in [9.17, 15) is 9.59 Å². The molecule has 2 N–H and O–H groups in total. The molecule has 2 aromatic rings. The van der Waals surface area contributed by atoms with Crippen LogP contribution in [0.15, 0.2) is 41.6 Å². The van der Waals surface area contributed by atoms with Crippen molar-refractivity contribution in [3.05, 3.63) is 53.2 Å². The average molecular weight is 484 g/mol. The van der Waals surface area contributed by atoms with E-state index in [2.05, 4.69) is 20.7 Å². The van der Waals surface area contributed by atoms with Gasteiger partial charge in [0.15, 0.2) is 0 Å². The first-order chi connectivity index (χ1) is 16.4. The zero-order valence-corrected chi connectivity index (χ0v) is 20.9. The third-order valence-corrected chi connectivity index (χ3v) is 7.55. The number of rotatable bonds is 7. The maximum Gasteiger partial charge on any atom is 0.256 e. The van der Waals surface area contributed by atoms with Gasteiger partial charge in [-0.2, -0.15) is 5.48 Å². The van der Waals surface area contributed by atoms with Crippen LogP contribution in [0, 0.1) is 13.8 Å². The van der Waals surface area contributed by atoms with Crippen LogP contribution in [-0.2, 0) is 9.63 Å². The minimum absolute atomic E-state index is 0.000846. The number of piperazine rings is 1. The number of amides is 2. The largest absolute Gasteiger partial charge is 0.336 e. The van der Waals surface area contributed by atoms with Crippen LogP contribution in [-0.4, -0.2) is 77.2 Å². The minimum Gasteiger partial charge on any atom is -0.336 e. The van der Waals surface area contributed by atoms with Gasteiger partial charge in [0.2, 0.25) is 5.91 Å². The molecule has 0 spiro atoms. The van der Waals surface area contributed by atoms with Gasteiger partial charge in [-0.05, 0) is 56.5 Å². The summed E-state index contributed by atoms with van der Waals surface area (Å²) in [5.74, 6) is 0.766. The predicted octanol–water partition coefficient (Wildman–Crippen LogP) is 2.87. The summed E-state index contributed by atoms with van der Waals surface area (Å²) < 4.78 is 0. The number of aromatic nitrogens is 1. The monoisotopic (exact) mass is 483 g/mol. The van der Waals surface area contributed by atoms with Crippen molar-refractivity contribution in [2.24, 2.45) is 0 Å². The summed E-state index contributed by atoms with van der Waals surface area (Å²) >= 11 is 1.59. The minimum atomic E-state index is -0.0294. The molecule has 1 aromatic carbocycles. The number of hydroxylamine groups is 1. The fourth-order valence-corrected chi connectivity index (χ4v) is 5.23. The quantitative estimate of drug-likeness (QED) is 0.586. The molecule has 2 unspecified atom stereocenters. The maximum absolute atomic E-state index is 13.2. The lowest BCUT2D eigenvalue weighted by molar-refractivity contribution is -0.117. The second-order valence-electron chi connectivity index (χ2n) is 9.01. The molecule has 1 aromatic heterocycles. The van der Waals surface area contributed by atoms with Gasteiger partial charge in [-0.1, -0.05) is 12.1 Å². The normalized spacial score (nSPS) is 21.0. The number of carbonyl (C=O) groups excluding carboxylic acids is 2. The molecular formula is C25H33N5O3S. The maximum atomic E-state index is 13.2. The Kier molecular flexibility index (Phi) is 8.20. The molecule has 2 saturated heterocycles. The van der Waals surface area contributed by atoms with Crippen LogP contribution < -0.4 is 10.8 Å². The number of hydrogen-bond donors (Lipinski definition) is 2. The van der Waals surface area contributed by atoms with Gasteiger partial charge in [0.1, 0.15) is 5.03 Å². The highest BCUT2D eigenvalue weighted by atomic mass is 32.2. The number of nitrogens with one attached hydrogen (secondary N) is 2. The Morgan fingerprint density at radius 1 is 1.18 bits per heavy atom. The fraction of sp³-hybridized carbons (Fsp3) is 0.480. The number of pyridine rings is 1. The van der Waals surface area contributed by atoms with E-state index >= 15 is 0 Å². The van der Waals surface area contributed by atoms with E-state index < -0.39 is 0 Å². The molecule has 2 amide bonds. The standard InChI is InChI=1S/C25H33N5O3S/c1-17-6-4-8-22(19(17)3)27-23(31)15-29-10-12-30(13-11-29)25(32)21-7-5-9-26-24(21)34-16-20-14-18(2)33-28-20/h4-9,18,20,28H,10-16H2,1-3H3,(H,27,31). The summed E-state index contributed by atoms with van der Waals surface area (Å²) in [5.41, 5.74) is 6.78. The molecule has 9 heteroatoms. The van der Waals surface area contributed by atoms with Crippen molar-refractivity contribution in [1.29, 1.82) is 0 Å². The van der Waals surface area contributed by atoms with Gasteiger partial charge >= 0.3 is 0 Å². The predicted molar refractivity (Wildman–Crippen MR) is 134 cm³/mol. The van der Waals surface area contributed by atoms with Crippen LogP contribution in [0.25, 0.3) is 0 Å². The Labute approximate surface area is 205 Å². The van der Waals surface area contributed by atoms with Gasteiger partial charge in [0, 0.05) is 49.9 Å². The third kappa shape index (κ3) is 6.15. The summed E-state index contributed by atoms with van der Waals surface area (Å²) in [6.07, 6.45) is 2.88. The van der Waals surface area contributed by atoms with Crippen LogP contribution in [0.4, 0.5) is 5.69 Å². The lowest BCUT2D eigenvalue weighted by atomic mass is 10.1. The molecule has 0 bridgehead atoms. The highest BCUT2D eigenvalue weighted by Crippen LogP contribution is 2.25. The van der Waals surface area contributed by atoms with Gasteiger partial charge in [0.05, 0.1) is 18.2 Å². The van der Waals surface area contributed by atoms with Gasteiger partial charge in [0.25, 0.3) is 5.91 Å². The fourth-order valence-electron chi connectivity index (χ4n) is 4.22. The number of hydrogen-bond acceptors (Lipinski definition) is 7. The van der Waals surface area contributed by atoms with Crippen molar-refractivity contribution in [3.8, 4) is 0 Å². The number of aryl methyl sites for hydroxylation is 1. The molecule has 0 radical (unpaired) electrons. The topological polar surface area (TPSA) is 86.8 Å². The van der Waals surface area contributed by atoms with Crippen LogP contribution in [0.5, 0.6) is 0 Å².